The van der Waals surface area contributed by atoms with Crippen LogP contribution < -0.4 is 11.1 Å². The number of fused-ring (bicyclic) bond motifs is 2. The maximum atomic E-state index is 13.1. The van der Waals surface area contributed by atoms with E-state index in [9.17, 15) is 36.0 Å². The van der Waals surface area contributed by atoms with Crippen LogP contribution in [0.25, 0.3) is 22.3 Å². The number of carbonyl (C=O) groups excluding carboxylic acids is 3. The summed E-state index contributed by atoms with van der Waals surface area (Å²) in [5, 5.41) is 12.0. The number of carbonyl (C=O) groups is 4. The third kappa shape index (κ3) is 15.1. The minimum Gasteiger partial charge on any atom is -0.481 e. The lowest BCUT2D eigenvalue weighted by Gasteiger charge is -2.36. The molecule has 2 saturated heterocycles. The van der Waals surface area contributed by atoms with Crippen LogP contribution in [0.15, 0.2) is 95.2 Å². The number of aliphatic carboxylic acids is 1. The molecular formula is C53H71ClN10O10S2. The number of benzene rings is 2. The molecule has 3 amide bonds. The Balaban J connectivity index is 0.000000231. The van der Waals surface area contributed by atoms with Crippen LogP contribution in [0.3, 0.4) is 0 Å². The number of nitrogens with one attached hydrogen (secondary N) is 1. The summed E-state index contributed by atoms with van der Waals surface area (Å²) >= 11 is 0. The summed E-state index contributed by atoms with van der Waals surface area (Å²) in [7, 11) is -7.50. The summed E-state index contributed by atoms with van der Waals surface area (Å²) in [4.78, 5) is 69.5. The molecule has 0 aliphatic carbocycles. The number of halogens is 1. The lowest BCUT2D eigenvalue weighted by atomic mass is 9.86. The van der Waals surface area contributed by atoms with Crippen molar-refractivity contribution in [3.63, 3.8) is 0 Å². The van der Waals surface area contributed by atoms with Crippen LogP contribution in [0.4, 0.5) is 4.79 Å². The van der Waals surface area contributed by atoms with Crippen molar-refractivity contribution < 1.29 is 45.9 Å². The highest BCUT2D eigenvalue weighted by Gasteiger charge is 2.36. The average Bonchev–Trinajstić information content (AvgIpc) is 3.98. The zero-order valence-electron chi connectivity index (χ0n) is 44.8. The van der Waals surface area contributed by atoms with Gasteiger partial charge in [-0.05, 0) is 101 Å². The molecule has 6 aromatic rings. The lowest BCUT2D eigenvalue weighted by Crippen LogP contribution is -2.49. The molecule has 4 aromatic heterocycles. The molecule has 0 saturated carbocycles. The molecule has 0 bridgehead atoms. The monoisotopic (exact) mass is 1110 g/mol. The van der Waals surface area contributed by atoms with Crippen molar-refractivity contribution in [1.29, 1.82) is 0 Å². The third-order valence-corrected chi connectivity index (χ3v) is 16.2. The molecule has 6 heterocycles. The number of likely N-dealkylation sites (tertiary alicyclic amines) is 2. The summed E-state index contributed by atoms with van der Waals surface area (Å²) in [6, 6.07) is 16.5. The Morgan fingerprint density at radius 3 is 1.61 bits per heavy atom. The van der Waals surface area contributed by atoms with E-state index >= 15 is 0 Å². The Morgan fingerprint density at radius 2 is 1.14 bits per heavy atom. The second-order valence-electron chi connectivity index (χ2n) is 21.5. The van der Waals surface area contributed by atoms with Gasteiger partial charge in [0.15, 0.2) is 11.3 Å². The van der Waals surface area contributed by atoms with E-state index in [1.165, 1.54) is 24.8 Å². The Hall–Kier alpha value is -6.49. The lowest BCUT2D eigenvalue weighted by molar-refractivity contribution is -0.148. The molecular weight excluding hydrogens is 1040 g/mol. The van der Waals surface area contributed by atoms with Crippen LogP contribution in [-0.4, -0.2) is 115 Å². The summed E-state index contributed by atoms with van der Waals surface area (Å²) in [6.07, 6.45) is 7.38. The van der Waals surface area contributed by atoms with Crippen molar-refractivity contribution in [2.45, 2.75) is 117 Å². The van der Waals surface area contributed by atoms with Crippen LogP contribution in [0.2, 0.25) is 0 Å². The minimum atomic E-state index is -3.82. The highest BCUT2D eigenvalue weighted by Crippen LogP contribution is 2.28. The van der Waals surface area contributed by atoms with Gasteiger partial charge in [0.05, 0.1) is 52.0 Å². The van der Waals surface area contributed by atoms with Gasteiger partial charge in [-0.25, -0.2) is 49.5 Å². The van der Waals surface area contributed by atoms with Crippen molar-refractivity contribution in [2.24, 2.45) is 34.8 Å². The molecule has 23 heteroatoms. The molecule has 2 aliphatic heterocycles. The predicted molar refractivity (Wildman–Crippen MR) is 290 cm³/mol. The average molecular weight is 1110 g/mol. The first-order chi connectivity index (χ1) is 35.1. The van der Waals surface area contributed by atoms with Gasteiger partial charge in [-0.1, -0.05) is 70.0 Å². The van der Waals surface area contributed by atoms with Gasteiger partial charge in [-0.15, -0.1) is 12.4 Å². The molecule has 2 aromatic carbocycles. The van der Waals surface area contributed by atoms with Crippen molar-refractivity contribution in [1.82, 2.24) is 43.0 Å². The van der Waals surface area contributed by atoms with Crippen molar-refractivity contribution in [3.05, 3.63) is 108 Å². The molecule has 20 nitrogen and oxygen atoms in total. The van der Waals surface area contributed by atoms with Gasteiger partial charge in [0.1, 0.15) is 16.6 Å². The number of rotatable bonds is 10. The maximum Gasteiger partial charge on any atom is 0.410 e. The largest absolute Gasteiger partial charge is 0.481 e. The number of carboxylic acids is 1. The first-order valence-corrected chi connectivity index (χ1v) is 27.7. The van der Waals surface area contributed by atoms with Gasteiger partial charge < -0.3 is 30.7 Å². The first kappa shape index (κ1) is 60.4. The number of hydrogen-bond acceptors (Lipinski definition) is 14. The molecule has 2 fully saturated rings. The SMILES string of the molecule is CC1CCN(C(=O)CC(C)(C)C)CC1C(=O)O.Cc1ccc(S(=O)(=O)n2ccc3nc(CN)cnc32)cc1.Cc1ccc(S(=O)(=O)n2ccc3nc(CNC(=O)C4CN(C(=O)OC(C)(C)C)CCC4C)cnc32)cc1.Cl. The van der Waals surface area contributed by atoms with E-state index in [1.54, 1.807) is 70.5 Å². The molecule has 412 valence electrons. The fourth-order valence-electron chi connectivity index (χ4n) is 8.47. The summed E-state index contributed by atoms with van der Waals surface area (Å²) in [6.45, 7) is 21.5. The maximum absolute atomic E-state index is 13.1. The Labute approximate surface area is 451 Å². The topological polar surface area (TPSA) is 272 Å². The van der Waals surface area contributed by atoms with E-state index in [-0.39, 0.29) is 82.5 Å². The van der Waals surface area contributed by atoms with Gasteiger partial charge in [-0.2, -0.15) is 0 Å². The number of piperidine rings is 2. The van der Waals surface area contributed by atoms with Crippen LogP contribution >= 0.6 is 12.4 Å². The van der Waals surface area contributed by atoms with Gasteiger partial charge in [-0.3, -0.25) is 14.4 Å². The molecule has 4 atom stereocenters. The van der Waals surface area contributed by atoms with Crippen LogP contribution in [0, 0.1) is 42.9 Å². The molecule has 0 radical (unpaired) electrons. The molecule has 8 rings (SSSR count). The second-order valence-corrected chi connectivity index (χ2v) is 25.1. The van der Waals surface area contributed by atoms with Crippen LogP contribution in [0.1, 0.15) is 97.2 Å². The Bertz CT molecular complexity index is 3240. The quantitative estimate of drug-likeness (QED) is 0.121. The van der Waals surface area contributed by atoms with E-state index in [1.807, 2.05) is 69.2 Å². The number of aromatic nitrogens is 6. The Kier molecular flexibility index (Phi) is 19.6. The number of aryl methyl sites for hydroxylation is 2. The standard InChI is InChI=1S/C26H33N5O5S.C14H14N4O2S.C13H23NO3.ClH/c1-17-6-8-20(9-7-17)37(34,35)31-13-11-22-23(31)27-14-19(29-22)15-28-24(32)21-16-30(12-10-18(21)2)25(33)36-26(3,4)5;1-10-2-4-12(5-3-10)21(19,20)18-7-6-13-14(18)16-9-11(8-15)17-13;1-9-5-6-14(8-10(9)12(16)17)11(15)7-13(2,3)4;/h6-9,11,13-14,18,21H,10,12,15-16H2,1-5H3,(H,28,32);2-7,9H,8,15H2,1H3;9-10H,5-8H2,1-4H3,(H,16,17);1H. The van der Waals surface area contributed by atoms with E-state index in [0.29, 0.717) is 60.5 Å². The van der Waals surface area contributed by atoms with Crippen molar-refractivity contribution >= 4 is 78.7 Å². The highest BCUT2D eigenvalue weighted by molar-refractivity contribution is 7.90. The van der Waals surface area contributed by atoms with Gasteiger partial charge in [0.2, 0.25) is 11.8 Å². The second kappa shape index (κ2) is 24.7. The van der Waals surface area contributed by atoms with Crippen LogP contribution in [-0.2, 0) is 52.3 Å². The van der Waals surface area contributed by atoms with E-state index in [4.69, 9.17) is 15.6 Å². The highest BCUT2D eigenvalue weighted by atomic mass is 35.5. The normalized spacial score (nSPS) is 18.1. The number of amides is 3. The van der Waals surface area contributed by atoms with Crippen LogP contribution in [0.5, 0.6) is 0 Å². The summed E-state index contributed by atoms with van der Waals surface area (Å²) in [5.74, 6) is -1.41. The fraction of sp³-hybridized carbons (Fsp3) is 0.472. The summed E-state index contributed by atoms with van der Waals surface area (Å²) < 4.78 is 59.2. The molecule has 2 aliphatic rings. The number of carboxylic acid groups (broad SMARTS) is 1. The molecule has 4 unspecified atom stereocenters. The van der Waals surface area contributed by atoms with E-state index in [0.717, 1.165) is 25.5 Å². The minimum absolute atomic E-state index is 0. The smallest absolute Gasteiger partial charge is 0.410 e. The number of nitrogens with zero attached hydrogens (tertiary/aromatic N) is 8. The van der Waals surface area contributed by atoms with Crippen molar-refractivity contribution in [2.75, 3.05) is 26.2 Å². The molecule has 0 spiro atoms. The summed E-state index contributed by atoms with van der Waals surface area (Å²) in [5.41, 5.74) is 9.37. The predicted octanol–water partition coefficient (Wildman–Crippen LogP) is 7.34. The zero-order valence-corrected chi connectivity index (χ0v) is 47.2. The fourth-order valence-corrected chi connectivity index (χ4v) is 11.1. The number of ether oxygens (including phenoxy) is 1. The van der Waals surface area contributed by atoms with Gasteiger partial charge in [0.25, 0.3) is 20.0 Å². The van der Waals surface area contributed by atoms with Crippen molar-refractivity contribution in [3.8, 4) is 0 Å². The Morgan fingerprint density at radius 1 is 0.697 bits per heavy atom. The number of hydrogen-bond donors (Lipinski definition) is 3. The first-order valence-electron chi connectivity index (χ1n) is 24.8. The van der Waals surface area contributed by atoms with Gasteiger partial charge in [0, 0.05) is 51.5 Å². The number of nitrogens with two attached hydrogens (primary N) is 1. The van der Waals surface area contributed by atoms with E-state index in [2.05, 4.69) is 25.3 Å². The van der Waals surface area contributed by atoms with E-state index < -0.39 is 43.6 Å². The molecule has 4 N–H and O–H groups in total. The molecule has 76 heavy (non-hydrogen) atoms. The van der Waals surface area contributed by atoms with Gasteiger partial charge >= 0.3 is 12.1 Å². The zero-order chi connectivity index (χ0) is 55.2. The third-order valence-electron chi connectivity index (χ3n) is 12.9.